The Morgan fingerprint density at radius 2 is 0.807 bits per heavy atom. The summed E-state index contributed by atoms with van der Waals surface area (Å²) < 4.78 is 2.37. The van der Waals surface area contributed by atoms with E-state index in [1.807, 2.05) is 0 Å². The molecule has 0 saturated carbocycles. The van der Waals surface area contributed by atoms with Crippen LogP contribution in [0.25, 0.3) is 60.9 Å². The summed E-state index contributed by atoms with van der Waals surface area (Å²) in [6.45, 7) is 0. The number of hydrogen-bond acceptors (Lipinski definition) is 1. The molecule has 0 unspecified atom stereocenters. The number of benzene rings is 9. The van der Waals surface area contributed by atoms with Crippen LogP contribution in [0.3, 0.4) is 0 Å². The van der Waals surface area contributed by atoms with E-state index in [0.717, 1.165) is 22.7 Å². The summed E-state index contributed by atoms with van der Waals surface area (Å²) >= 11 is 0. The number of para-hydroxylation sites is 3. The van der Waals surface area contributed by atoms with Crippen molar-refractivity contribution in [3.8, 4) is 39.1 Å². The number of hydrogen-bond donors (Lipinski definition) is 0. The lowest BCUT2D eigenvalue weighted by molar-refractivity contribution is 0.794. The maximum absolute atomic E-state index is 2.42. The molecule has 0 radical (unpaired) electrons. The van der Waals surface area contributed by atoms with Crippen molar-refractivity contribution in [2.24, 2.45) is 0 Å². The van der Waals surface area contributed by atoms with Crippen molar-refractivity contribution < 1.29 is 0 Å². The largest absolute Gasteiger partial charge is 0.310 e. The average Bonchev–Trinajstić information content (AvgIpc) is 3.89. The van der Waals surface area contributed by atoms with Crippen LogP contribution in [-0.4, -0.2) is 4.57 Å². The Morgan fingerprint density at radius 1 is 0.316 bits per heavy atom. The minimum absolute atomic E-state index is 0.327. The van der Waals surface area contributed by atoms with Gasteiger partial charge in [0.05, 0.1) is 16.4 Å². The van der Waals surface area contributed by atoms with Gasteiger partial charge in [0.1, 0.15) is 0 Å². The predicted molar refractivity (Wildman–Crippen MR) is 237 cm³/mol. The molecule has 9 aromatic carbocycles. The van der Waals surface area contributed by atoms with Gasteiger partial charge in [0.2, 0.25) is 0 Å². The van der Waals surface area contributed by atoms with Gasteiger partial charge in [-0.2, -0.15) is 0 Å². The van der Waals surface area contributed by atoms with E-state index < -0.39 is 0 Å². The van der Waals surface area contributed by atoms with E-state index in [1.165, 1.54) is 77.4 Å². The van der Waals surface area contributed by atoms with Crippen LogP contribution in [0.4, 0.5) is 17.1 Å². The van der Waals surface area contributed by atoms with Gasteiger partial charge in [-0.3, -0.25) is 0 Å². The summed E-state index contributed by atoms with van der Waals surface area (Å²) in [5.74, 6) is 0. The topological polar surface area (TPSA) is 8.17 Å². The standard InChI is InChI=1S/C55H36N2/c1-3-15-39(16-4-1)56(42-32-34-54-48(36-42)46-22-10-14-26-53(46)57(54)40-17-5-2-6-18-40)41-30-27-37(28-31-41)38-29-33-52-47(35-38)45-21-9-13-25-51(45)55(52)49-23-11-7-19-43(49)44-20-8-12-24-50(44)55/h1-36H. The van der Waals surface area contributed by atoms with Crippen LogP contribution in [0.1, 0.15) is 22.3 Å². The molecule has 0 N–H and O–H groups in total. The smallest absolute Gasteiger partial charge is 0.0725 e. The molecule has 0 bridgehead atoms. The Bertz CT molecular complexity index is 3130. The van der Waals surface area contributed by atoms with Crippen molar-refractivity contribution in [1.82, 2.24) is 4.57 Å². The molecular formula is C55H36N2. The number of anilines is 3. The van der Waals surface area contributed by atoms with Gasteiger partial charge in [0.25, 0.3) is 0 Å². The van der Waals surface area contributed by atoms with E-state index in [-0.39, 0.29) is 5.41 Å². The third kappa shape index (κ3) is 4.53. The summed E-state index contributed by atoms with van der Waals surface area (Å²) in [6.07, 6.45) is 0. The average molecular weight is 725 g/mol. The van der Waals surface area contributed by atoms with Crippen molar-refractivity contribution in [2.45, 2.75) is 5.41 Å². The second-order valence-corrected chi connectivity index (χ2v) is 15.3. The van der Waals surface area contributed by atoms with Crippen molar-refractivity contribution in [3.05, 3.63) is 241 Å². The van der Waals surface area contributed by atoms with Crippen LogP contribution in [0, 0.1) is 0 Å². The minimum atomic E-state index is -0.327. The molecule has 57 heavy (non-hydrogen) atoms. The summed E-state index contributed by atoms with van der Waals surface area (Å²) in [7, 11) is 0. The molecule has 0 aliphatic heterocycles. The second kappa shape index (κ2) is 12.3. The van der Waals surface area contributed by atoms with Crippen LogP contribution in [-0.2, 0) is 5.41 Å². The first kappa shape index (κ1) is 31.9. The second-order valence-electron chi connectivity index (χ2n) is 15.3. The molecule has 2 aliphatic rings. The highest BCUT2D eigenvalue weighted by Gasteiger charge is 2.51. The molecule has 1 spiro atoms. The fourth-order valence-corrected chi connectivity index (χ4v) is 10.1. The Hall–Kier alpha value is -7.42. The highest BCUT2D eigenvalue weighted by molar-refractivity contribution is 6.10. The van der Waals surface area contributed by atoms with E-state index in [1.54, 1.807) is 0 Å². The molecule has 2 nitrogen and oxygen atoms in total. The molecule has 1 aromatic heterocycles. The van der Waals surface area contributed by atoms with E-state index in [2.05, 4.69) is 228 Å². The van der Waals surface area contributed by atoms with Gasteiger partial charge in [-0.25, -0.2) is 0 Å². The third-order valence-electron chi connectivity index (χ3n) is 12.4. The van der Waals surface area contributed by atoms with Crippen molar-refractivity contribution in [3.63, 3.8) is 0 Å². The van der Waals surface area contributed by atoms with E-state index in [4.69, 9.17) is 0 Å². The normalized spacial score (nSPS) is 13.1. The monoisotopic (exact) mass is 724 g/mol. The molecule has 2 heteroatoms. The first-order valence-electron chi connectivity index (χ1n) is 19.8. The third-order valence-corrected chi connectivity index (χ3v) is 12.4. The van der Waals surface area contributed by atoms with Crippen LogP contribution >= 0.6 is 0 Å². The molecule has 0 atom stereocenters. The Kier molecular flexibility index (Phi) is 6.88. The first-order valence-corrected chi connectivity index (χ1v) is 19.8. The van der Waals surface area contributed by atoms with Gasteiger partial charge in [-0.05, 0) is 122 Å². The van der Waals surface area contributed by atoms with E-state index in [9.17, 15) is 0 Å². The zero-order valence-corrected chi connectivity index (χ0v) is 31.2. The van der Waals surface area contributed by atoms with Gasteiger partial charge in [-0.15, -0.1) is 0 Å². The van der Waals surface area contributed by atoms with E-state index in [0.29, 0.717) is 0 Å². The van der Waals surface area contributed by atoms with Crippen LogP contribution < -0.4 is 4.90 Å². The molecule has 10 aromatic rings. The van der Waals surface area contributed by atoms with E-state index >= 15 is 0 Å². The molecular weight excluding hydrogens is 689 g/mol. The Labute approximate surface area is 332 Å². The molecule has 2 aliphatic carbocycles. The summed E-state index contributed by atoms with van der Waals surface area (Å²) in [6, 6.07) is 80.3. The fourth-order valence-electron chi connectivity index (χ4n) is 10.1. The van der Waals surface area contributed by atoms with Crippen LogP contribution in [0.2, 0.25) is 0 Å². The van der Waals surface area contributed by atoms with Gasteiger partial charge >= 0.3 is 0 Å². The molecule has 0 saturated heterocycles. The van der Waals surface area contributed by atoms with Gasteiger partial charge in [0.15, 0.2) is 0 Å². The fraction of sp³-hybridized carbons (Fsp3) is 0.0182. The molecule has 0 fully saturated rings. The van der Waals surface area contributed by atoms with Crippen molar-refractivity contribution in [2.75, 3.05) is 4.90 Å². The number of aromatic nitrogens is 1. The SMILES string of the molecule is c1ccc(N(c2ccc(-c3ccc4c(c3)-c3ccccc3C43c4ccccc4-c4ccccc43)cc2)c2ccc3c(c2)c2ccccc2n3-c2ccccc2)cc1. The van der Waals surface area contributed by atoms with Gasteiger partial charge in [0, 0.05) is 33.5 Å². The lowest BCUT2D eigenvalue weighted by Crippen LogP contribution is -2.25. The van der Waals surface area contributed by atoms with Gasteiger partial charge in [-0.1, -0.05) is 152 Å². The van der Waals surface area contributed by atoms with Crippen LogP contribution in [0.15, 0.2) is 218 Å². The highest BCUT2D eigenvalue weighted by Crippen LogP contribution is 2.63. The lowest BCUT2D eigenvalue weighted by atomic mass is 9.70. The maximum Gasteiger partial charge on any atom is 0.0725 e. The summed E-state index contributed by atoms with van der Waals surface area (Å²) in [4.78, 5) is 2.37. The quantitative estimate of drug-likeness (QED) is 0.172. The highest BCUT2D eigenvalue weighted by atomic mass is 15.1. The summed E-state index contributed by atoms with van der Waals surface area (Å²) in [5.41, 5.74) is 19.8. The number of nitrogens with zero attached hydrogens (tertiary/aromatic N) is 2. The zero-order chi connectivity index (χ0) is 37.5. The van der Waals surface area contributed by atoms with Crippen molar-refractivity contribution in [1.29, 1.82) is 0 Å². The summed E-state index contributed by atoms with van der Waals surface area (Å²) in [5, 5.41) is 2.47. The predicted octanol–water partition coefficient (Wildman–Crippen LogP) is 14.3. The first-order chi connectivity index (χ1) is 28.3. The minimum Gasteiger partial charge on any atom is -0.310 e. The Morgan fingerprint density at radius 3 is 1.49 bits per heavy atom. The van der Waals surface area contributed by atoms with Crippen LogP contribution in [0.5, 0.6) is 0 Å². The Balaban J connectivity index is 0.975. The molecule has 266 valence electrons. The number of fused-ring (bicyclic) bond motifs is 13. The maximum atomic E-state index is 2.42. The molecule has 1 heterocycles. The van der Waals surface area contributed by atoms with Gasteiger partial charge < -0.3 is 9.47 Å². The molecule has 12 rings (SSSR count). The molecule has 0 amide bonds. The zero-order valence-electron chi connectivity index (χ0n) is 31.2. The lowest BCUT2D eigenvalue weighted by Gasteiger charge is -2.30. The van der Waals surface area contributed by atoms with Crippen molar-refractivity contribution >= 4 is 38.9 Å². The number of rotatable bonds is 5.